The number of hydrogen-bond donors (Lipinski definition) is 1. The van der Waals surface area contributed by atoms with Crippen molar-refractivity contribution in [2.45, 2.75) is 83.3 Å². The van der Waals surface area contributed by atoms with Crippen molar-refractivity contribution in [3.05, 3.63) is 60.0 Å². The smallest absolute Gasteiger partial charge is 0.416 e. The van der Waals surface area contributed by atoms with Gasteiger partial charge >= 0.3 is 6.18 Å². The van der Waals surface area contributed by atoms with Crippen LogP contribution in [0.5, 0.6) is 5.75 Å². The minimum atomic E-state index is -4.31. The van der Waals surface area contributed by atoms with Crippen LogP contribution in [-0.2, 0) is 12.3 Å². The van der Waals surface area contributed by atoms with E-state index in [0.717, 1.165) is 67.0 Å². The lowest BCUT2D eigenvalue weighted by Crippen LogP contribution is -2.38. The number of nitrogens with zero attached hydrogens (tertiary/aromatic N) is 3. The highest BCUT2D eigenvalue weighted by Crippen LogP contribution is 2.31. The zero-order valence-corrected chi connectivity index (χ0v) is 22.7. The van der Waals surface area contributed by atoms with Crippen LogP contribution >= 0.6 is 8.73 Å². The van der Waals surface area contributed by atoms with E-state index < -0.39 is 11.7 Å². The number of unbranched alkanes of at least 4 members (excludes halogenated alkanes) is 1. The first-order chi connectivity index (χ1) is 17.9. The van der Waals surface area contributed by atoms with Crippen LogP contribution in [0.3, 0.4) is 0 Å². The summed E-state index contributed by atoms with van der Waals surface area (Å²) in [6.07, 6.45) is 8.59. The third kappa shape index (κ3) is 7.84. The molecule has 1 N–H and O–H groups in total. The van der Waals surface area contributed by atoms with Crippen LogP contribution in [0.15, 0.2) is 48.8 Å². The molecule has 0 amide bonds. The van der Waals surface area contributed by atoms with E-state index in [1.165, 1.54) is 32.1 Å². The highest BCUT2D eigenvalue weighted by molar-refractivity contribution is 7.34. The highest BCUT2D eigenvalue weighted by Gasteiger charge is 2.30. The number of nitrogens with one attached hydrogen (secondary N) is 1. The summed E-state index contributed by atoms with van der Waals surface area (Å²) in [4.78, 5) is 6.93. The molecule has 3 heterocycles. The Morgan fingerprint density at radius 2 is 1.84 bits per heavy atom. The number of hydrogen-bond acceptors (Lipinski definition) is 4. The van der Waals surface area contributed by atoms with Crippen LogP contribution in [0.25, 0.3) is 5.65 Å². The maximum atomic E-state index is 12.8. The summed E-state index contributed by atoms with van der Waals surface area (Å²) < 4.78 is 46.8. The maximum Gasteiger partial charge on any atom is 0.416 e. The first-order valence-electron chi connectivity index (χ1n) is 13.4. The van der Waals surface area contributed by atoms with Crippen LogP contribution in [0.1, 0.15) is 70.1 Å². The number of ether oxygens (including phenoxy) is 1. The molecule has 4 rings (SSSR count). The number of alkyl halides is 3. The normalized spacial score (nSPS) is 16.2. The molecule has 2 aromatic heterocycles. The van der Waals surface area contributed by atoms with E-state index in [0.29, 0.717) is 14.8 Å². The Kier molecular flexibility index (Phi) is 9.71. The van der Waals surface area contributed by atoms with Crippen LogP contribution in [0.4, 0.5) is 18.9 Å². The van der Waals surface area contributed by atoms with Gasteiger partial charge in [0, 0.05) is 62.3 Å². The second-order valence-corrected chi connectivity index (χ2v) is 10.8. The number of piperidine rings is 1. The van der Waals surface area contributed by atoms with E-state index in [9.17, 15) is 13.2 Å². The van der Waals surface area contributed by atoms with E-state index >= 15 is 0 Å². The zero-order valence-electron chi connectivity index (χ0n) is 21.7. The summed E-state index contributed by atoms with van der Waals surface area (Å²) in [6.45, 7) is 5.98. The molecule has 1 aliphatic rings. The molecule has 0 spiro atoms. The molecule has 3 aromatic rings. The Morgan fingerprint density at radius 1 is 1.08 bits per heavy atom. The Hall–Kier alpha value is -2.31. The average Bonchev–Trinajstić information content (AvgIpc) is 3.29. The lowest BCUT2D eigenvalue weighted by Gasteiger charge is -2.33. The van der Waals surface area contributed by atoms with Crippen molar-refractivity contribution in [2.24, 2.45) is 0 Å². The van der Waals surface area contributed by atoms with Gasteiger partial charge in [0.1, 0.15) is 17.5 Å². The molecule has 1 aromatic carbocycles. The molecule has 5 nitrogen and oxygen atoms in total. The SMILES string of the molecule is CCCCC(CCC)NPCc1cn2ccc(OC3CCN(c4ccc(C(F)(F)F)cc4)CC3)cc2n1. The van der Waals surface area contributed by atoms with Crippen molar-refractivity contribution in [1.29, 1.82) is 0 Å². The van der Waals surface area contributed by atoms with Crippen molar-refractivity contribution in [3.63, 3.8) is 0 Å². The fraction of sp³-hybridized carbons (Fsp3) is 0.536. The minimum Gasteiger partial charge on any atom is -0.490 e. The summed E-state index contributed by atoms with van der Waals surface area (Å²) in [7, 11) is 0.661. The van der Waals surface area contributed by atoms with Gasteiger partial charge < -0.3 is 14.0 Å². The molecule has 0 radical (unpaired) electrons. The van der Waals surface area contributed by atoms with Gasteiger partial charge in [-0.15, -0.1) is 0 Å². The molecule has 1 aliphatic heterocycles. The van der Waals surface area contributed by atoms with Crippen molar-refractivity contribution in [1.82, 2.24) is 14.5 Å². The van der Waals surface area contributed by atoms with E-state index in [-0.39, 0.29) is 6.10 Å². The molecular weight excluding hydrogens is 496 g/mol. The lowest BCUT2D eigenvalue weighted by atomic mass is 10.1. The number of fused-ring (bicyclic) bond motifs is 1. The molecule has 2 atom stereocenters. The van der Waals surface area contributed by atoms with Gasteiger partial charge in [-0.3, -0.25) is 5.09 Å². The molecule has 1 fully saturated rings. The third-order valence-corrected chi connectivity index (χ3v) is 8.06. The van der Waals surface area contributed by atoms with Gasteiger partial charge in [0.2, 0.25) is 0 Å². The largest absolute Gasteiger partial charge is 0.490 e. The van der Waals surface area contributed by atoms with Gasteiger partial charge in [-0.1, -0.05) is 33.1 Å². The fourth-order valence-electron chi connectivity index (χ4n) is 4.83. The minimum absolute atomic E-state index is 0.0758. The molecule has 202 valence electrons. The lowest BCUT2D eigenvalue weighted by molar-refractivity contribution is -0.137. The van der Waals surface area contributed by atoms with Crippen molar-refractivity contribution in [3.8, 4) is 5.75 Å². The second kappa shape index (κ2) is 13.0. The zero-order chi connectivity index (χ0) is 26.3. The van der Waals surface area contributed by atoms with E-state index in [4.69, 9.17) is 9.72 Å². The van der Waals surface area contributed by atoms with E-state index in [2.05, 4.69) is 30.0 Å². The number of imidazole rings is 1. The summed E-state index contributed by atoms with van der Waals surface area (Å²) in [6, 6.07) is 9.98. The molecule has 0 saturated carbocycles. The van der Waals surface area contributed by atoms with E-state index in [1.54, 1.807) is 12.1 Å². The van der Waals surface area contributed by atoms with Gasteiger partial charge in [-0.2, -0.15) is 13.2 Å². The Balaban J connectivity index is 1.27. The summed E-state index contributed by atoms with van der Waals surface area (Å²) in [5, 5.41) is 3.74. The van der Waals surface area contributed by atoms with Gasteiger partial charge in [-0.25, -0.2) is 4.98 Å². The number of anilines is 1. The van der Waals surface area contributed by atoms with Gasteiger partial charge in [0.15, 0.2) is 0 Å². The summed E-state index contributed by atoms with van der Waals surface area (Å²) >= 11 is 0. The second-order valence-electron chi connectivity index (χ2n) is 9.83. The number of halogens is 3. The molecule has 0 bridgehead atoms. The quantitative estimate of drug-likeness (QED) is 0.245. The molecule has 9 heteroatoms. The molecular formula is C28H38F3N4OP. The standard InChI is InChI=1S/C28H38F3N4OP/c1-3-5-7-22(6-4-2)33-37-20-23-19-35-17-14-26(18-27(35)32-23)36-25-12-15-34(16-13-25)24-10-8-21(9-11-24)28(29,30)31/h8-11,14,17-19,22,25,33,37H,3-7,12-13,15-16,20H2,1-2H3. The van der Waals surface area contributed by atoms with Crippen molar-refractivity contribution < 1.29 is 17.9 Å². The topological polar surface area (TPSA) is 41.8 Å². The maximum absolute atomic E-state index is 12.8. The molecule has 2 unspecified atom stereocenters. The number of pyridine rings is 1. The fourth-order valence-corrected chi connectivity index (χ4v) is 5.86. The molecule has 1 saturated heterocycles. The van der Waals surface area contributed by atoms with Crippen LogP contribution in [0, 0.1) is 0 Å². The molecule has 0 aliphatic carbocycles. The van der Waals surface area contributed by atoms with E-state index in [1.807, 2.05) is 22.7 Å². The van der Waals surface area contributed by atoms with Crippen LogP contribution in [0.2, 0.25) is 0 Å². The van der Waals surface area contributed by atoms with Gasteiger partial charge in [0.05, 0.1) is 11.3 Å². The van der Waals surface area contributed by atoms with Gasteiger partial charge in [-0.05, 0) is 51.9 Å². The predicted molar refractivity (Wildman–Crippen MR) is 146 cm³/mol. The average molecular weight is 535 g/mol. The highest BCUT2D eigenvalue weighted by atomic mass is 31.1. The van der Waals surface area contributed by atoms with Crippen LogP contribution < -0.4 is 14.7 Å². The summed E-state index contributed by atoms with van der Waals surface area (Å²) in [5.41, 5.74) is 2.17. The number of benzene rings is 1. The first kappa shape index (κ1) is 27.7. The first-order valence-corrected chi connectivity index (χ1v) is 14.6. The van der Waals surface area contributed by atoms with Gasteiger partial charge in [0.25, 0.3) is 0 Å². The van der Waals surface area contributed by atoms with Crippen LogP contribution in [-0.4, -0.2) is 34.6 Å². The monoisotopic (exact) mass is 534 g/mol. The predicted octanol–water partition coefficient (Wildman–Crippen LogP) is 7.44. The van der Waals surface area contributed by atoms with Crippen molar-refractivity contribution >= 4 is 20.1 Å². The summed E-state index contributed by atoms with van der Waals surface area (Å²) in [5.74, 6) is 0.806. The molecule has 37 heavy (non-hydrogen) atoms. The Morgan fingerprint density at radius 3 is 2.51 bits per heavy atom. The third-order valence-electron chi connectivity index (χ3n) is 6.91. The Bertz CT molecular complexity index is 1110. The number of rotatable bonds is 12. The Labute approximate surface area is 219 Å². The van der Waals surface area contributed by atoms with Crippen molar-refractivity contribution in [2.75, 3.05) is 18.0 Å². The number of aromatic nitrogens is 2.